The Morgan fingerprint density at radius 1 is 1.47 bits per heavy atom. The van der Waals surface area contributed by atoms with Crippen LogP contribution in [-0.2, 0) is 4.79 Å². The van der Waals surface area contributed by atoms with Crippen LogP contribution in [0.1, 0.15) is 34.1 Å². The molecule has 1 fully saturated rings. The maximum atomic E-state index is 11.8. The van der Waals surface area contributed by atoms with Crippen molar-refractivity contribution in [2.45, 2.75) is 40.2 Å². The summed E-state index contributed by atoms with van der Waals surface area (Å²) < 4.78 is 0. The van der Waals surface area contributed by atoms with Crippen LogP contribution in [-0.4, -0.2) is 25.0 Å². The normalized spacial score (nSPS) is 28.1. The van der Waals surface area contributed by atoms with Gasteiger partial charge in [0.05, 0.1) is 6.04 Å². The predicted molar refractivity (Wildman–Crippen MR) is 62.6 cm³/mol. The molecule has 2 N–H and O–H groups in total. The van der Waals surface area contributed by atoms with Gasteiger partial charge in [0.2, 0.25) is 5.91 Å². The molecular formula is C12H24N2O. The quantitative estimate of drug-likeness (QED) is 0.739. The average Bonchev–Trinajstić information content (AvgIpc) is 2.60. The van der Waals surface area contributed by atoms with E-state index in [1.807, 2.05) is 0 Å². The molecular weight excluding hydrogens is 188 g/mol. The molecule has 3 unspecified atom stereocenters. The number of hydrogen-bond acceptors (Lipinski definition) is 2. The second kappa shape index (κ2) is 5.50. The van der Waals surface area contributed by atoms with E-state index in [0.29, 0.717) is 17.8 Å². The van der Waals surface area contributed by atoms with Gasteiger partial charge in [0.15, 0.2) is 0 Å². The molecule has 0 aromatic heterocycles. The molecule has 3 nitrogen and oxygen atoms in total. The minimum atomic E-state index is 0.0318. The Hall–Kier alpha value is -0.570. The Labute approximate surface area is 93.0 Å². The van der Waals surface area contributed by atoms with Gasteiger partial charge in [0, 0.05) is 6.54 Å². The number of rotatable bonds is 4. The Bertz CT molecular complexity index is 216. The summed E-state index contributed by atoms with van der Waals surface area (Å²) in [4.78, 5) is 11.8. The second-order valence-corrected chi connectivity index (χ2v) is 5.16. The van der Waals surface area contributed by atoms with Crippen molar-refractivity contribution < 1.29 is 4.79 Å². The van der Waals surface area contributed by atoms with Crippen LogP contribution in [0.15, 0.2) is 0 Å². The second-order valence-electron chi connectivity index (χ2n) is 5.16. The topological polar surface area (TPSA) is 41.1 Å². The highest BCUT2D eigenvalue weighted by molar-refractivity contribution is 5.82. The first-order valence-electron chi connectivity index (χ1n) is 6.03. The third kappa shape index (κ3) is 3.49. The van der Waals surface area contributed by atoms with Crippen LogP contribution in [0.2, 0.25) is 0 Å². The predicted octanol–water partition coefficient (Wildman–Crippen LogP) is 1.39. The standard InChI is InChI=1S/C12H24N2O/c1-8(2)10(4)7-14-12(15)11-9(3)5-6-13-11/h8-11,13H,5-7H2,1-4H3,(H,14,15). The van der Waals surface area contributed by atoms with E-state index in [1.165, 1.54) is 0 Å². The van der Waals surface area contributed by atoms with Crippen LogP contribution in [0.4, 0.5) is 0 Å². The molecule has 0 spiro atoms. The molecule has 1 aliphatic rings. The highest BCUT2D eigenvalue weighted by atomic mass is 16.2. The van der Waals surface area contributed by atoms with Crippen LogP contribution in [0.25, 0.3) is 0 Å². The van der Waals surface area contributed by atoms with Gasteiger partial charge in [-0.3, -0.25) is 4.79 Å². The van der Waals surface area contributed by atoms with E-state index in [1.54, 1.807) is 0 Å². The van der Waals surface area contributed by atoms with Gasteiger partial charge >= 0.3 is 0 Å². The first kappa shape index (κ1) is 12.5. The Balaban J connectivity index is 2.29. The summed E-state index contributed by atoms with van der Waals surface area (Å²) in [6.07, 6.45) is 1.11. The van der Waals surface area contributed by atoms with Gasteiger partial charge in [-0.2, -0.15) is 0 Å². The highest BCUT2D eigenvalue weighted by Crippen LogP contribution is 2.14. The summed E-state index contributed by atoms with van der Waals surface area (Å²) in [5.41, 5.74) is 0. The van der Waals surface area contributed by atoms with E-state index >= 15 is 0 Å². The Morgan fingerprint density at radius 3 is 2.60 bits per heavy atom. The molecule has 3 atom stereocenters. The van der Waals surface area contributed by atoms with Crippen molar-refractivity contribution in [2.75, 3.05) is 13.1 Å². The number of amides is 1. The summed E-state index contributed by atoms with van der Waals surface area (Å²) in [5.74, 6) is 1.82. The minimum Gasteiger partial charge on any atom is -0.354 e. The van der Waals surface area contributed by atoms with E-state index in [0.717, 1.165) is 19.5 Å². The molecule has 0 bridgehead atoms. The summed E-state index contributed by atoms with van der Waals surface area (Å²) in [6.45, 7) is 10.5. The highest BCUT2D eigenvalue weighted by Gasteiger charge is 2.29. The van der Waals surface area contributed by atoms with E-state index in [2.05, 4.69) is 38.3 Å². The zero-order valence-corrected chi connectivity index (χ0v) is 10.3. The number of nitrogens with one attached hydrogen (secondary N) is 2. The van der Waals surface area contributed by atoms with E-state index in [9.17, 15) is 4.79 Å². The molecule has 1 amide bonds. The van der Waals surface area contributed by atoms with Crippen molar-refractivity contribution in [2.24, 2.45) is 17.8 Å². The van der Waals surface area contributed by atoms with Crippen LogP contribution < -0.4 is 10.6 Å². The molecule has 1 aliphatic heterocycles. The SMILES string of the molecule is CC(C)C(C)CNC(=O)C1NCCC1C. The fourth-order valence-electron chi connectivity index (χ4n) is 1.79. The Kier molecular flexibility index (Phi) is 4.58. The lowest BCUT2D eigenvalue weighted by atomic mass is 9.97. The van der Waals surface area contributed by atoms with Crippen molar-refractivity contribution in [3.8, 4) is 0 Å². The van der Waals surface area contributed by atoms with E-state index in [4.69, 9.17) is 0 Å². The van der Waals surface area contributed by atoms with Crippen molar-refractivity contribution in [3.63, 3.8) is 0 Å². The summed E-state index contributed by atoms with van der Waals surface area (Å²) in [6, 6.07) is 0.0318. The maximum Gasteiger partial charge on any atom is 0.237 e. The van der Waals surface area contributed by atoms with Gasteiger partial charge in [-0.1, -0.05) is 27.7 Å². The molecule has 0 radical (unpaired) electrons. The zero-order chi connectivity index (χ0) is 11.4. The first-order valence-corrected chi connectivity index (χ1v) is 6.03. The van der Waals surface area contributed by atoms with Crippen LogP contribution in [0.3, 0.4) is 0 Å². The smallest absolute Gasteiger partial charge is 0.237 e. The number of carbonyl (C=O) groups excluding carboxylic acids is 1. The molecule has 1 saturated heterocycles. The molecule has 1 heterocycles. The van der Waals surface area contributed by atoms with Crippen LogP contribution in [0, 0.1) is 17.8 Å². The molecule has 0 aromatic rings. The van der Waals surface area contributed by atoms with Gasteiger partial charge in [0.1, 0.15) is 0 Å². The van der Waals surface area contributed by atoms with Crippen molar-refractivity contribution in [1.82, 2.24) is 10.6 Å². The van der Waals surface area contributed by atoms with Gasteiger partial charge in [-0.05, 0) is 30.7 Å². The third-order valence-corrected chi connectivity index (χ3v) is 3.55. The number of carbonyl (C=O) groups is 1. The summed E-state index contributed by atoms with van der Waals surface area (Å²) in [5, 5.41) is 6.28. The number of hydrogen-bond donors (Lipinski definition) is 2. The van der Waals surface area contributed by atoms with Crippen molar-refractivity contribution in [3.05, 3.63) is 0 Å². The largest absolute Gasteiger partial charge is 0.354 e. The summed E-state index contributed by atoms with van der Waals surface area (Å²) in [7, 11) is 0. The molecule has 3 heteroatoms. The fourth-order valence-corrected chi connectivity index (χ4v) is 1.79. The minimum absolute atomic E-state index is 0.0318. The van der Waals surface area contributed by atoms with Gasteiger partial charge < -0.3 is 10.6 Å². The molecule has 0 aromatic carbocycles. The first-order chi connectivity index (χ1) is 7.02. The molecule has 15 heavy (non-hydrogen) atoms. The Morgan fingerprint density at radius 2 is 2.13 bits per heavy atom. The van der Waals surface area contributed by atoms with E-state index in [-0.39, 0.29) is 11.9 Å². The average molecular weight is 212 g/mol. The van der Waals surface area contributed by atoms with E-state index < -0.39 is 0 Å². The van der Waals surface area contributed by atoms with Gasteiger partial charge in [-0.15, -0.1) is 0 Å². The lowest BCUT2D eigenvalue weighted by Gasteiger charge is -2.19. The van der Waals surface area contributed by atoms with Gasteiger partial charge in [0.25, 0.3) is 0 Å². The summed E-state index contributed by atoms with van der Waals surface area (Å²) >= 11 is 0. The monoisotopic (exact) mass is 212 g/mol. The van der Waals surface area contributed by atoms with Crippen LogP contribution in [0.5, 0.6) is 0 Å². The van der Waals surface area contributed by atoms with Gasteiger partial charge in [-0.25, -0.2) is 0 Å². The maximum absolute atomic E-state index is 11.8. The van der Waals surface area contributed by atoms with Crippen molar-refractivity contribution in [1.29, 1.82) is 0 Å². The molecule has 0 aliphatic carbocycles. The third-order valence-electron chi connectivity index (χ3n) is 3.55. The van der Waals surface area contributed by atoms with Crippen LogP contribution >= 0.6 is 0 Å². The lowest BCUT2D eigenvalue weighted by molar-refractivity contribution is -0.123. The van der Waals surface area contributed by atoms with Crippen molar-refractivity contribution >= 4 is 5.91 Å². The molecule has 0 saturated carbocycles. The zero-order valence-electron chi connectivity index (χ0n) is 10.3. The fraction of sp³-hybridized carbons (Fsp3) is 0.917. The lowest BCUT2D eigenvalue weighted by Crippen LogP contribution is -2.44. The molecule has 88 valence electrons. The molecule has 1 rings (SSSR count).